The molecule has 2 aliphatic rings. The summed E-state index contributed by atoms with van der Waals surface area (Å²) in [5.41, 5.74) is 4.10. The lowest BCUT2D eigenvalue weighted by Crippen LogP contribution is -2.36. The maximum absolute atomic E-state index is 12.3. The number of aliphatic hydroxyl groups is 2. The lowest BCUT2D eigenvalue weighted by molar-refractivity contribution is -0.128. The topological polar surface area (TPSA) is 144 Å². The number of aromatic nitrogens is 7. The third kappa shape index (κ3) is 2.98. The molecule has 6 rings (SSSR count). The summed E-state index contributed by atoms with van der Waals surface area (Å²) >= 11 is 0. The Labute approximate surface area is 200 Å². The smallest absolute Gasteiger partial charge is 0.256 e. The number of Topliss-reactive ketones (excluding diaryl/α,β-unsaturated/α-hetero) is 1. The number of hydrogen-bond donors (Lipinski definition) is 3. The van der Waals surface area contributed by atoms with E-state index in [4.69, 9.17) is 4.98 Å². The average molecular weight is 475 g/mol. The zero-order valence-electron chi connectivity index (χ0n) is 19.8. The first-order valence-electron chi connectivity index (χ1n) is 11.6. The Morgan fingerprint density at radius 3 is 2.69 bits per heavy atom. The lowest BCUT2D eigenvalue weighted by Gasteiger charge is -2.23. The molecule has 11 heteroatoms. The van der Waals surface area contributed by atoms with Crippen molar-refractivity contribution in [3.8, 4) is 17.2 Å². The summed E-state index contributed by atoms with van der Waals surface area (Å²) in [5, 5.41) is 33.1. The first-order chi connectivity index (χ1) is 16.8. The maximum atomic E-state index is 12.3. The Balaban J connectivity index is 1.43. The zero-order chi connectivity index (χ0) is 24.6. The summed E-state index contributed by atoms with van der Waals surface area (Å²) in [6.07, 6.45) is 1.66. The quantitative estimate of drug-likeness (QED) is 0.393. The van der Waals surface area contributed by atoms with Crippen molar-refractivity contribution in [2.75, 3.05) is 12.4 Å². The SMILES string of the molecule is CNc1nc(-n2cc(-c3ccc(C)c(C)c3)nn2)nc2c1ncn2[C@H]1C(O)C(O)[C@]2(C(C)=O)CC12. The van der Waals surface area contributed by atoms with Crippen molar-refractivity contribution in [3.63, 3.8) is 0 Å². The van der Waals surface area contributed by atoms with Gasteiger partial charge < -0.3 is 20.1 Å². The van der Waals surface area contributed by atoms with E-state index in [-0.39, 0.29) is 17.6 Å². The molecule has 2 saturated carbocycles. The van der Waals surface area contributed by atoms with Crippen molar-refractivity contribution in [2.24, 2.45) is 11.3 Å². The van der Waals surface area contributed by atoms with Crippen LogP contribution in [0.3, 0.4) is 0 Å². The molecule has 0 spiro atoms. The van der Waals surface area contributed by atoms with Gasteiger partial charge in [0.1, 0.15) is 17.6 Å². The van der Waals surface area contributed by atoms with Crippen molar-refractivity contribution in [2.45, 2.75) is 45.4 Å². The molecule has 11 nitrogen and oxygen atoms in total. The zero-order valence-corrected chi connectivity index (χ0v) is 19.8. The molecule has 0 saturated heterocycles. The van der Waals surface area contributed by atoms with Gasteiger partial charge in [0.05, 0.1) is 30.1 Å². The van der Waals surface area contributed by atoms with Crippen molar-refractivity contribution in [1.82, 2.24) is 34.5 Å². The van der Waals surface area contributed by atoms with E-state index >= 15 is 0 Å². The number of fused-ring (bicyclic) bond motifs is 2. The normalized spacial score (nSPS) is 27.3. The van der Waals surface area contributed by atoms with Gasteiger partial charge >= 0.3 is 0 Å². The molecular weight excluding hydrogens is 448 g/mol. The van der Waals surface area contributed by atoms with E-state index in [1.807, 2.05) is 12.1 Å². The van der Waals surface area contributed by atoms with Crippen LogP contribution >= 0.6 is 0 Å². The summed E-state index contributed by atoms with van der Waals surface area (Å²) in [5.74, 6) is 0.497. The number of rotatable bonds is 5. The highest BCUT2D eigenvalue weighted by atomic mass is 16.3. The largest absolute Gasteiger partial charge is 0.389 e. The molecule has 2 aliphatic carbocycles. The van der Waals surface area contributed by atoms with Crippen LogP contribution < -0.4 is 5.32 Å². The van der Waals surface area contributed by atoms with E-state index in [0.29, 0.717) is 29.1 Å². The van der Waals surface area contributed by atoms with Gasteiger partial charge in [0.15, 0.2) is 17.0 Å². The van der Waals surface area contributed by atoms with Gasteiger partial charge in [-0.1, -0.05) is 17.3 Å². The van der Waals surface area contributed by atoms with Crippen LogP contribution in [0.15, 0.2) is 30.7 Å². The highest BCUT2D eigenvalue weighted by Gasteiger charge is 2.74. The van der Waals surface area contributed by atoms with Crippen LogP contribution in [0.4, 0.5) is 5.82 Å². The third-order valence-corrected chi connectivity index (χ3v) is 7.80. The number of aliphatic hydroxyl groups excluding tert-OH is 2. The van der Waals surface area contributed by atoms with Crippen LogP contribution in [-0.2, 0) is 4.79 Å². The van der Waals surface area contributed by atoms with E-state index in [9.17, 15) is 15.0 Å². The Kier molecular flexibility index (Phi) is 4.61. The third-order valence-electron chi connectivity index (χ3n) is 7.80. The molecule has 2 fully saturated rings. The number of carbonyl (C=O) groups is 1. The number of benzene rings is 1. The van der Waals surface area contributed by atoms with Gasteiger partial charge in [-0.15, -0.1) is 5.10 Å². The average Bonchev–Trinajstić information content (AvgIpc) is 3.11. The Morgan fingerprint density at radius 2 is 2.00 bits per heavy atom. The second kappa shape index (κ2) is 7.40. The molecule has 3 aromatic heterocycles. The molecule has 0 aliphatic heterocycles. The molecule has 180 valence electrons. The number of ketones is 1. The highest BCUT2D eigenvalue weighted by molar-refractivity contribution is 5.88. The second-order valence-electron chi connectivity index (χ2n) is 9.63. The number of aryl methyl sites for hydroxylation is 2. The Morgan fingerprint density at radius 1 is 1.20 bits per heavy atom. The van der Waals surface area contributed by atoms with E-state index in [1.54, 1.807) is 24.1 Å². The number of nitrogens with one attached hydrogen (secondary N) is 1. The summed E-state index contributed by atoms with van der Waals surface area (Å²) in [4.78, 5) is 26.0. The number of hydrogen-bond acceptors (Lipinski definition) is 9. The maximum Gasteiger partial charge on any atom is 0.256 e. The lowest BCUT2D eigenvalue weighted by atomic mass is 9.95. The standard InChI is InChI=1S/C24H26N8O3/c1-11-5-6-14(7-12(11)2)16-9-32(30-29-16)23-27-21(25-4)17-22(28-23)31(10-26-17)18-15-8-24(15,13(3)33)20(35)19(18)34/h5-7,9-10,15,18-20,34-35H,8H2,1-4H3,(H,25,27,28)/t15?,18-,19?,20?,24+/m1/s1. The molecule has 4 aromatic rings. The fraction of sp³-hybridized carbons (Fsp3) is 0.417. The van der Waals surface area contributed by atoms with Gasteiger partial charge in [-0.25, -0.2) is 4.98 Å². The minimum absolute atomic E-state index is 0.103. The molecule has 3 heterocycles. The predicted octanol–water partition coefficient (Wildman–Crippen LogP) is 1.60. The first kappa shape index (κ1) is 21.8. The van der Waals surface area contributed by atoms with Crippen molar-refractivity contribution in [3.05, 3.63) is 41.9 Å². The van der Waals surface area contributed by atoms with Crippen molar-refractivity contribution >= 4 is 22.8 Å². The second-order valence-corrected chi connectivity index (χ2v) is 9.63. The van der Waals surface area contributed by atoms with E-state index < -0.39 is 23.7 Å². The van der Waals surface area contributed by atoms with Gasteiger partial charge in [0.25, 0.3) is 5.95 Å². The minimum Gasteiger partial charge on any atom is -0.389 e. The van der Waals surface area contributed by atoms with Gasteiger partial charge in [-0.05, 0) is 50.3 Å². The van der Waals surface area contributed by atoms with Crippen LogP contribution in [0.5, 0.6) is 0 Å². The number of nitrogens with zero attached hydrogens (tertiary/aromatic N) is 7. The van der Waals surface area contributed by atoms with Crippen LogP contribution in [0.1, 0.15) is 30.5 Å². The number of anilines is 1. The van der Waals surface area contributed by atoms with Gasteiger partial charge in [-0.3, -0.25) is 4.79 Å². The van der Waals surface area contributed by atoms with Crippen LogP contribution in [-0.4, -0.2) is 69.8 Å². The molecule has 0 amide bonds. The molecule has 3 unspecified atom stereocenters. The van der Waals surface area contributed by atoms with Crippen molar-refractivity contribution < 1.29 is 15.0 Å². The minimum atomic E-state index is -1.12. The molecular formula is C24H26N8O3. The Hall–Kier alpha value is -3.70. The summed E-state index contributed by atoms with van der Waals surface area (Å²) in [7, 11) is 1.74. The number of imidazole rings is 1. The summed E-state index contributed by atoms with van der Waals surface area (Å²) in [6.45, 7) is 5.58. The van der Waals surface area contributed by atoms with Crippen LogP contribution in [0, 0.1) is 25.2 Å². The monoisotopic (exact) mass is 474 g/mol. The predicted molar refractivity (Wildman–Crippen MR) is 127 cm³/mol. The molecule has 5 atom stereocenters. The van der Waals surface area contributed by atoms with Crippen LogP contribution in [0.25, 0.3) is 28.4 Å². The highest BCUT2D eigenvalue weighted by Crippen LogP contribution is 2.68. The van der Waals surface area contributed by atoms with Crippen molar-refractivity contribution in [1.29, 1.82) is 0 Å². The molecule has 3 N–H and O–H groups in total. The fourth-order valence-electron chi connectivity index (χ4n) is 5.57. The van der Waals surface area contributed by atoms with Gasteiger partial charge in [-0.2, -0.15) is 14.6 Å². The number of carbonyl (C=O) groups excluding carboxylic acids is 1. The molecule has 0 bridgehead atoms. The van der Waals surface area contributed by atoms with Gasteiger partial charge in [0, 0.05) is 12.6 Å². The Bertz CT molecular complexity index is 1490. The summed E-state index contributed by atoms with van der Waals surface area (Å²) in [6, 6.07) is 5.59. The molecule has 1 aromatic carbocycles. The van der Waals surface area contributed by atoms with Gasteiger partial charge in [0.2, 0.25) is 0 Å². The first-order valence-corrected chi connectivity index (χ1v) is 11.6. The fourth-order valence-corrected chi connectivity index (χ4v) is 5.57. The van der Waals surface area contributed by atoms with E-state index in [1.165, 1.54) is 17.2 Å². The van der Waals surface area contributed by atoms with E-state index in [2.05, 4.69) is 45.5 Å². The van der Waals surface area contributed by atoms with Crippen LogP contribution in [0.2, 0.25) is 0 Å². The molecule has 0 radical (unpaired) electrons. The molecule has 35 heavy (non-hydrogen) atoms. The summed E-state index contributed by atoms with van der Waals surface area (Å²) < 4.78 is 3.25. The van der Waals surface area contributed by atoms with E-state index in [0.717, 1.165) is 11.1 Å².